The Hall–Kier alpha value is -2.26. The van der Waals surface area contributed by atoms with Gasteiger partial charge in [0.1, 0.15) is 5.82 Å². The first kappa shape index (κ1) is 14.2. The normalized spacial score (nSPS) is 11.2. The molecule has 0 saturated carbocycles. The second-order valence-electron chi connectivity index (χ2n) is 4.08. The van der Waals surface area contributed by atoms with Gasteiger partial charge in [-0.25, -0.2) is 4.39 Å². The van der Waals surface area contributed by atoms with Crippen LogP contribution in [0, 0.1) is 5.82 Å². The van der Waals surface area contributed by atoms with Gasteiger partial charge in [-0.3, -0.25) is 9.59 Å². The summed E-state index contributed by atoms with van der Waals surface area (Å²) in [5.41, 5.74) is 0.749. The third kappa shape index (κ3) is 3.39. The molecule has 0 atom stereocenters. The molecule has 2 nitrogen and oxygen atoms in total. The van der Waals surface area contributed by atoms with Crippen molar-refractivity contribution in [2.75, 3.05) is 0 Å². The standard InChI is InChI=1S/C16H10ClFO2/c17-16(20)14(10-11-6-8-13(18)9-7-11)15(19)12-4-2-1-3-5-12/h1-10H. The van der Waals surface area contributed by atoms with E-state index in [1.165, 1.54) is 30.3 Å². The van der Waals surface area contributed by atoms with Crippen molar-refractivity contribution in [2.24, 2.45) is 0 Å². The van der Waals surface area contributed by atoms with Crippen LogP contribution in [0.5, 0.6) is 0 Å². The van der Waals surface area contributed by atoms with Crippen molar-refractivity contribution in [1.29, 1.82) is 0 Å². The van der Waals surface area contributed by atoms with Crippen LogP contribution in [0.25, 0.3) is 6.08 Å². The topological polar surface area (TPSA) is 34.1 Å². The number of Topliss-reactive ketones (excluding diaryl/α,β-unsaturated/α-hetero) is 1. The van der Waals surface area contributed by atoms with Crippen LogP contribution in [0.1, 0.15) is 15.9 Å². The number of halogens is 2. The van der Waals surface area contributed by atoms with Crippen LogP contribution in [0.4, 0.5) is 4.39 Å². The third-order valence-electron chi connectivity index (χ3n) is 2.67. The maximum absolute atomic E-state index is 12.8. The van der Waals surface area contributed by atoms with Gasteiger partial charge in [0.15, 0.2) is 5.78 Å². The van der Waals surface area contributed by atoms with Gasteiger partial charge in [0.25, 0.3) is 5.24 Å². The van der Waals surface area contributed by atoms with E-state index >= 15 is 0 Å². The lowest BCUT2D eigenvalue weighted by atomic mass is 10.0. The summed E-state index contributed by atoms with van der Waals surface area (Å²) in [7, 11) is 0. The van der Waals surface area contributed by atoms with Crippen molar-refractivity contribution >= 4 is 28.7 Å². The molecular formula is C16H10ClFO2. The fraction of sp³-hybridized carbons (Fsp3) is 0. The summed E-state index contributed by atoms with van der Waals surface area (Å²) in [4.78, 5) is 23.6. The van der Waals surface area contributed by atoms with E-state index in [4.69, 9.17) is 11.6 Å². The van der Waals surface area contributed by atoms with Gasteiger partial charge in [0.05, 0.1) is 5.57 Å². The molecule has 0 saturated heterocycles. The number of allylic oxidation sites excluding steroid dienone is 1. The summed E-state index contributed by atoms with van der Waals surface area (Å²) in [5, 5.41) is -0.844. The largest absolute Gasteiger partial charge is 0.288 e. The molecule has 0 spiro atoms. The van der Waals surface area contributed by atoms with Crippen LogP contribution in [0.2, 0.25) is 0 Å². The lowest BCUT2D eigenvalue weighted by molar-refractivity contribution is -0.108. The third-order valence-corrected chi connectivity index (χ3v) is 2.88. The summed E-state index contributed by atoms with van der Waals surface area (Å²) in [5.74, 6) is -0.856. The van der Waals surface area contributed by atoms with Gasteiger partial charge in [-0.05, 0) is 35.4 Å². The Morgan fingerprint density at radius 3 is 2.10 bits per heavy atom. The van der Waals surface area contributed by atoms with Crippen molar-refractivity contribution in [3.8, 4) is 0 Å². The highest BCUT2D eigenvalue weighted by atomic mass is 35.5. The summed E-state index contributed by atoms with van der Waals surface area (Å²) in [6.07, 6.45) is 1.35. The van der Waals surface area contributed by atoms with Crippen molar-refractivity contribution in [3.05, 3.63) is 77.1 Å². The molecule has 0 aliphatic heterocycles. The average Bonchev–Trinajstić information content (AvgIpc) is 2.46. The van der Waals surface area contributed by atoms with E-state index in [1.807, 2.05) is 0 Å². The van der Waals surface area contributed by atoms with Crippen molar-refractivity contribution in [3.63, 3.8) is 0 Å². The van der Waals surface area contributed by atoms with E-state index in [0.29, 0.717) is 11.1 Å². The molecule has 0 aliphatic carbocycles. The van der Waals surface area contributed by atoms with Crippen molar-refractivity contribution in [2.45, 2.75) is 0 Å². The molecule has 0 aliphatic rings. The van der Waals surface area contributed by atoms with Crippen LogP contribution in [-0.2, 0) is 4.79 Å². The lowest BCUT2D eigenvalue weighted by Gasteiger charge is -2.02. The van der Waals surface area contributed by atoms with Crippen molar-refractivity contribution < 1.29 is 14.0 Å². The van der Waals surface area contributed by atoms with Crippen LogP contribution in [-0.4, -0.2) is 11.0 Å². The number of carbonyl (C=O) groups is 2. The maximum Gasteiger partial charge on any atom is 0.256 e. The summed E-state index contributed by atoms with van der Waals surface area (Å²) >= 11 is 5.47. The minimum absolute atomic E-state index is 0.149. The second kappa shape index (κ2) is 6.26. The molecule has 4 heteroatoms. The van der Waals surface area contributed by atoms with Crippen LogP contribution in [0.15, 0.2) is 60.2 Å². The number of hydrogen-bond donors (Lipinski definition) is 0. The Kier molecular flexibility index (Phi) is 4.43. The number of benzene rings is 2. The van der Waals surface area contributed by atoms with Crippen LogP contribution < -0.4 is 0 Å². The number of rotatable bonds is 4. The zero-order valence-corrected chi connectivity index (χ0v) is 11.1. The molecule has 0 N–H and O–H groups in total. The minimum atomic E-state index is -0.844. The molecule has 0 aromatic heterocycles. The van der Waals surface area contributed by atoms with Crippen molar-refractivity contribution in [1.82, 2.24) is 0 Å². The zero-order valence-electron chi connectivity index (χ0n) is 10.3. The molecule has 2 rings (SSSR count). The van der Waals surface area contributed by atoms with Gasteiger partial charge >= 0.3 is 0 Å². The number of hydrogen-bond acceptors (Lipinski definition) is 2. The van der Waals surface area contributed by atoms with Gasteiger partial charge in [0.2, 0.25) is 0 Å². The van der Waals surface area contributed by atoms with Gasteiger partial charge < -0.3 is 0 Å². The first-order valence-corrected chi connectivity index (χ1v) is 6.22. The molecular weight excluding hydrogens is 279 g/mol. The Balaban J connectivity index is 2.39. The highest BCUT2D eigenvalue weighted by Gasteiger charge is 2.17. The Morgan fingerprint density at radius 2 is 1.55 bits per heavy atom. The van der Waals surface area contributed by atoms with E-state index in [-0.39, 0.29) is 5.57 Å². The smallest absolute Gasteiger partial charge is 0.256 e. The van der Waals surface area contributed by atoms with Gasteiger partial charge in [-0.1, -0.05) is 42.5 Å². The van der Waals surface area contributed by atoms with Crippen LogP contribution in [0.3, 0.4) is 0 Å². The SMILES string of the molecule is O=C(Cl)C(=Cc1ccc(F)cc1)C(=O)c1ccccc1. The van der Waals surface area contributed by atoms with Crippen LogP contribution >= 0.6 is 11.6 Å². The Bertz CT molecular complexity index is 661. The first-order chi connectivity index (χ1) is 9.58. The molecule has 0 unspecified atom stereocenters. The molecule has 0 heterocycles. The molecule has 0 fully saturated rings. The Labute approximate surface area is 120 Å². The summed E-state index contributed by atoms with van der Waals surface area (Å²) in [6.45, 7) is 0. The molecule has 2 aromatic carbocycles. The Morgan fingerprint density at radius 1 is 0.950 bits per heavy atom. The quantitative estimate of drug-likeness (QED) is 0.281. The molecule has 0 bridgehead atoms. The number of ketones is 1. The highest BCUT2D eigenvalue weighted by Crippen LogP contribution is 2.16. The molecule has 20 heavy (non-hydrogen) atoms. The molecule has 2 aromatic rings. The van der Waals surface area contributed by atoms with E-state index in [1.54, 1.807) is 30.3 Å². The molecule has 100 valence electrons. The fourth-order valence-electron chi connectivity index (χ4n) is 1.68. The molecule has 0 radical (unpaired) electrons. The van der Waals surface area contributed by atoms with E-state index in [9.17, 15) is 14.0 Å². The predicted molar refractivity (Wildman–Crippen MR) is 76.0 cm³/mol. The van der Waals surface area contributed by atoms with E-state index < -0.39 is 16.8 Å². The number of carbonyl (C=O) groups excluding carboxylic acids is 2. The maximum atomic E-state index is 12.8. The van der Waals surface area contributed by atoms with Gasteiger partial charge in [-0.15, -0.1) is 0 Å². The van der Waals surface area contributed by atoms with Gasteiger partial charge in [-0.2, -0.15) is 0 Å². The summed E-state index contributed by atoms with van der Waals surface area (Å²) < 4.78 is 12.8. The minimum Gasteiger partial charge on any atom is -0.288 e. The second-order valence-corrected chi connectivity index (χ2v) is 4.42. The fourth-order valence-corrected chi connectivity index (χ4v) is 1.82. The predicted octanol–water partition coefficient (Wildman–Crippen LogP) is 3.86. The zero-order chi connectivity index (χ0) is 14.5. The first-order valence-electron chi connectivity index (χ1n) is 5.85. The van der Waals surface area contributed by atoms with E-state index in [0.717, 1.165) is 0 Å². The van der Waals surface area contributed by atoms with Gasteiger partial charge in [0, 0.05) is 5.56 Å². The lowest BCUT2D eigenvalue weighted by Crippen LogP contribution is -2.08. The summed E-state index contributed by atoms with van der Waals surface area (Å²) in [6, 6.07) is 13.8. The average molecular weight is 289 g/mol. The van der Waals surface area contributed by atoms with E-state index in [2.05, 4.69) is 0 Å². The molecule has 0 amide bonds. The highest BCUT2D eigenvalue weighted by molar-refractivity contribution is 6.71. The monoisotopic (exact) mass is 288 g/mol.